The zero-order valence-electron chi connectivity index (χ0n) is 5.71. The van der Waals surface area contributed by atoms with Crippen LogP contribution in [0, 0.1) is 0 Å². The molecule has 0 aliphatic carbocycles. The molecule has 10 heavy (non-hydrogen) atoms. The first-order valence-electron chi connectivity index (χ1n) is 2.82. The highest BCUT2D eigenvalue weighted by molar-refractivity contribution is 8.13. The quantitative estimate of drug-likeness (QED) is 0.463. The topological polar surface area (TPSA) is 26.3 Å². The van der Waals surface area contributed by atoms with Gasteiger partial charge in [-0.1, -0.05) is 18.7 Å². The maximum atomic E-state index is 10.6. The van der Waals surface area contributed by atoms with Crippen LogP contribution in [0.5, 0.6) is 0 Å². The lowest BCUT2D eigenvalue weighted by Gasteiger charge is -1.96. The summed E-state index contributed by atoms with van der Waals surface area (Å²) < 4.78 is 4.65. The first-order valence-corrected chi connectivity index (χ1v) is 3.81. The summed E-state index contributed by atoms with van der Waals surface area (Å²) in [6.07, 6.45) is 3.19. The van der Waals surface area contributed by atoms with E-state index in [2.05, 4.69) is 17.9 Å². The number of hydrogen-bond acceptors (Lipinski definition) is 3. The molecule has 0 heterocycles. The molecule has 0 aliphatic rings. The Balaban J connectivity index is 3.24. The summed E-state index contributed by atoms with van der Waals surface area (Å²) in [4.78, 5) is 10.6. The highest BCUT2D eigenvalue weighted by Gasteiger charge is 1.98. The van der Waals surface area contributed by atoms with Crippen LogP contribution in [0.15, 0.2) is 25.3 Å². The Bertz CT molecular complexity index is 118. The average molecular weight is 158 g/mol. The third-order valence-corrected chi connectivity index (χ3v) is 1.39. The van der Waals surface area contributed by atoms with Crippen molar-refractivity contribution >= 4 is 17.1 Å². The molecule has 0 aliphatic heterocycles. The van der Waals surface area contributed by atoms with Crippen molar-refractivity contribution in [3.8, 4) is 0 Å². The molecule has 0 bridgehead atoms. The molecule has 56 valence electrons. The Hall–Kier alpha value is -0.700. The van der Waals surface area contributed by atoms with Crippen LogP contribution < -0.4 is 0 Å². The van der Waals surface area contributed by atoms with Gasteiger partial charge in [-0.05, 0) is 11.8 Å². The van der Waals surface area contributed by atoms with E-state index in [1.165, 1.54) is 6.08 Å². The van der Waals surface area contributed by atoms with Gasteiger partial charge in [0.2, 0.25) is 0 Å². The van der Waals surface area contributed by atoms with Crippen LogP contribution in [-0.2, 0) is 4.74 Å². The fourth-order valence-electron chi connectivity index (χ4n) is 0.296. The van der Waals surface area contributed by atoms with Crippen molar-refractivity contribution in [3.05, 3.63) is 25.3 Å². The van der Waals surface area contributed by atoms with Crippen molar-refractivity contribution < 1.29 is 9.53 Å². The first-order chi connectivity index (χ1) is 4.81. The molecule has 3 heteroatoms. The molecule has 0 spiro atoms. The SMILES string of the molecule is C=CCOC(=O)SCC=C. The van der Waals surface area contributed by atoms with E-state index in [0.29, 0.717) is 5.75 Å². The lowest BCUT2D eigenvalue weighted by atomic mass is 10.7. The van der Waals surface area contributed by atoms with Crippen LogP contribution in [-0.4, -0.2) is 17.7 Å². The maximum absolute atomic E-state index is 10.6. The highest BCUT2D eigenvalue weighted by Crippen LogP contribution is 2.04. The van der Waals surface area contributed by atoms with E-state index in [1.807, 2.05) is 0 Å². The van der Waals surface area contributed by atoms with E-state index in [-0.39, 0.29) is 11.9 Å². The van der Waals surface area contributed by atoms with Gasteiger partial charge in [-0.15, -0.1) is 6.58 Å². The van der Waals surface area contributed by atoms with E-state index in [0.717, 1.165) is 11.8 Å². The Labute approximate surface area is 64.9 Å². The molecule has 0 saturated heterocycles. The molecule has 0 unspecified atom stereocenters. The van der Waals surface area contributed by atoms with Gasteiger partial charge in [0.05, 0.1) is 0 Å². The predicted octanol–water partition coefficient (Wildman–Crippen LogP) is 2.23. The predicted molar refractivity (Wildman–Crippen MR) is 44.2 cm³/mol. The van der Waals surface area contributed by atoms with Crippen LogP contribution in [0.3, 0.4) is 0 Å². The van der Waals surface area contributed by atoms with Crippen LogP contribution in [0.2, 0.25) is 0 Å². The standard InChI is InChI=1S/C7H10O2S/c1-3-5-9-7(8)10-6-4-2/h3-4H,1-2,5-6H2. The van der Waals surface area contributed by atoms with Crippen LogP contribution in [0.4, 0.5) is 4.79 Å². The summed E-state index contributed by atoms with van der Waals surface area (Å²) in [6, 6.07) is 0. The van der Waals surface area contributed by atoms with Gasteiger partial charge in [0, 0.05) is 5.75 Å². The highest BCUT2D eigenvalue weighted by atomic mass is 32.2. The number of carbonyl (C=O) groups is 1. The fourth-order valence-corrected chi connectivity index (χ4v) is 0.701. The van der Waals surface area contributed by atoms with Crippen LogP contribution in [0.25, 0.3) is 0 Å². The fraction of sp³-hybridized carbons (Fsp3) is 0.286. The summed E-state index contributed by atoms with van der Waals surface area (Å²) in [7, 11) is 0. The Morgan fingerprint density at radius 2 is 2.20 bits per heavy atom. The zero-order chi connectivity index (χ0) is 7.82. The van der Waals surface area contributed by atoms with Gasteiger partial charge in [0.1, 0.15) is 6.61 Å². The molecule has 0 radical (unpaired) electrons. The van der Waals surface area contributed by atoms with Crippen LogP contribution >= 0.6 is 11.8 Å². The number of carbonyl (C=O) groups excluding carboxylic acids is 1. The molecule has 0 saturated carbocycles. The number of rotatable bonds is 4. The molecule has 0 N–H and O–H groups in total. The van der Waals surface area contributed by atoms with Crippen molar-refractivity contribution in [1.82, 2.24) is 0 Å². The van der Waals surface area contributed by atoms with Gasteiger partial charge in [-0.3, -0.25) is 0 Å². The van der Waals surface area contributed by atoms with E-state index in [9.17, 15) is 4.79 Å². The monoisotopic (exact) mass is 158 g/mol. The summed E-state index contributed by atoms with van der Waals surface area (Å²) in [5.41, 5.74) is 0. The van der Waals surface area contributed by atoms with E-state index in [1.54, 1.807) is 6.08 Å². The first kappa shape index (κ1) is 9.30. The van der Waals surface area contributed by atoms with E-state index >= 15 is 0 Å². The average Bonchev–Trinajstić information content (AvgIpc) is 1.97. The normalized spacial score (nSPS) is 8.40. The molecular formula is C7H10O2S. The van der Waals surface area contributed by atoms with Gasteiger partial charge in [0.15, 0.2) is 0 Å². The number of thioether (sulfide) groups is 1. The lowest BCUT2D eigenvalue weighted by Crippen LogP contribution is -1.96. The second-order valence-corrected chi connectivity index (χ2v) is 2.40. The lowest BCUT2D eigenvalue weighted by molar-refractivity contribution is 0.188. The van der Waals surface area contributed by atoms with E-state index in [4.69, 9.17) is 0 Å². The number of ether oxygens (including phenoxy) is 1. The third kappa shape index (κ3) is 5.44. The van der Waals surface area contributed by atoms with E-state index < -0.39 is 0 Å². The smallest absolute Gasteiger partial charge is 0.367 e. The molecule has 0 amide bonds. The molecule has 0 aromatic heterocycles. The van der Waals surface area contributed by atoms with Crippen molar-refractivity contribution in [2.45, 2.75) is 0 Å². The number of hydrogen-bond donors (Lipinski definition) is 0. The van der Waals surface area contributed by atoms with Gasteiger partial charge < -0.3 is 4.74 Å². The van der Waals surface area contributed by atoms with Crippen LogP contribution in [0.1, 0.15) is 0 Å². The second-order valence-electron chi connectivity index (χ2n) is 1.45. The third-order valence-electron chi connectivity index (χ3n) is 0.638. The molecule has 0 fully saturated rings. The summed E-state index contributed by atoms with van der Waals surface area (Å²) >= 11 is 1.09. The molecule has 0 atom stereocenters. The summed E-state index contributed by atoms with van der Waals surface area (Å²) in [6.45, 7) is 7.15. The molecule has 0 aromatic carbocycles. The Morgan fingerprint density at radius 1 is 1.50 bits per heavy atom. The second kappa shape index (κ2) is 6.42. The summed E-state index contributed by atoms with van der Waals surface area (Å²) in [5, 5.41) is -0.278. The maximum Gasteiger partial charge on any atom is 0.367 e. The van der Waals surface area contributed by atoms with Crippen molar-refractivity contribution in [2.75, 3.05) is 12.4 Å². The Kier molecular flexibility index (Phi) is 5.97. The molecule has 2 nitrogen and oxygen atoms in total. The van der Waals surface area contributed by atoms with Gasteiger partial charge >= 0.3 is 5.30 Å². The minimum atomic E-state index is -0.278. The molecule has 0 aromatic rings. The molecular weight excluding hydrogens is 148 g/mol. The molecule has 0 rings (SSSR count). The Morgan fingerprint density at radius 3 is 2.70 bits per heavy atom. The largest absolute Gasteiger partial charge is 0.453 e. The van der Waals surface area contributed by atoms with Gasteiger partial charge in [-0.2, -0.15) is 0 Å². The summed E-state index contributed by atoms with van der Waals surface area (Å²) in [5.74, 6) is 0.593. The van der Waals surface area contributed by atoms with Crippen molar-refractivity contribution in [3.63, 3.8) is 0 Å². The zero-order valence-corrected chi connectivity index (χ0v) is 6.52. The van der Waals surface area contributed by atoms with Crippen molar-refractivity contribution in [2.24, 2.45) is 0 Å². The van der Waals surface area contributed by atoms with Gasteiger partial charge in [-0.25, -0.2) is 4.79 Å². The van der Waals surface area contributed by atoms with Gasteiger partial charge in [0.25, 0.3) is 0 Å². The minimum absolute atomic E-state index is 0.278. The van der Waals surface area contributed by atoms with Crippen molar-refractivity contribution in [1.29, 1.82) is 0 Å². The minimum Gasteiger partial charge on any atom is -0.453 e.